The Labute approximate surface area is 80.7 Å². The van der Waals surface area contributed by atoms with Gasteiger partial charge in [-0.3, -0.25) is 0 Å². The predicted molar refractivity (Wildman–Crippen MR) is 47.8 cm³/mol. The molecule has 0 spiro atoms. The summed E-state index contributed by atoms with van der Waals surface area (Å²) >= 11 is 11.2. The first-order valence-corrected chi connectivity index (χ1v) is 4.20. The van der Waals surface area contributed by atoms with Crippen LogP contribution in [-0.4, -0.2) is 16.1 Å². The molecule has 0 saturated heterocycles. The first-order valence-electron chi connectivity index (χ1n) is 3.44. The number of hydrogen-bond acceptors (Lipinski definition) is 3. The maximum atomic E-state index is 5.62. The van der Waals surface area contributed by atoms with Crippen molar-refractivity contribution in [1.82, 2.24) is 9.97 Å². The minimum absolute atomic E-state index is 0.0135. The lowest BCUT2D eigenvalue weighted by molar-refractivity contribution is 0.222. The fourth-order valence-corrected chi connectivity index (χ4v) is 1.04. The Morgan fingerprint density at radius 3 is 2.17 bits per heavy atom. The molecular formula is C7H8Cl2N2O. The van der Waals surface area contributed by atoms with Crippen molar-refractivity contribution in [3.63, 3.8) is 0 Å². The summed E-state index contributed by atoms with van der Waals surface area (Å²) in [5, 5.41) is 0.566. The minimum Gasteiger partial charge on any atom is -0.461 e. The number of aromatic nitrogens is 2. The van der Waals surface area contributed by atoms with Gasteiger partial charge in [-0.15, -0.1) is 0 Å². The minimum atomic E-state index is 0.0135. The van der Waals surface area contributed by atoms with Crippen LogP contribution in [0.1, 0.15) is 13.8 Å². The summed E-state index contributed by atoms with van der Waals surface area (Å²) in [6.07, 6.45) is 0.0135. The van der Waals surface area contributed by atoms with Gasteiger partial charge in [-0.25, -0.2) is 0 Å². The summed E-state index contributed by atoms with van der Waals surface area (Å²) < 4.78 is 5.18. The van der Waals surface area contributed by atoms with Gasteiger partial charge in [0, 0.05) is 6.07 Å². The molecule has 66 valence electrons. The molecule has 0 saturated carbocycles. The van der Waals surface area contributed by atoms with Gasteiger partial charge in [0.2, 0.25) is 0 Å². The molecule has 0 atom stereocenters. The zero-order valence-electron chi connectivity index (χ0n) is 6.71. The Balaban J connectivity index is 2.85. The van der Waals surface area contributed by atoms with E-state index in [1.807, 2.05) is 13.8 Å². The van der Waals surface area contributed by atoms with Gasteiger partial charge < -0.3 is 4.74 Å². The third kappa shape index (κ3) is 2.83. The second-order valence-electron chi connectivity index (χ2n) is 2.46. The molecule has 0 aliphatic rings. The summed E-state index contributed by atoms with van der Waals surface area (Å²) in [5.74, 6) is 0. The summed E-state index contributed by atoms with van der Waals surface area (Å²) in [6, 6.07) is 1.67. The Morgan fingerprint density at radius 2 is 1.75 bits per heavy atom. The summed E-state index contributed by atoms with van der Waals surface area (Å²) in [6.45, 7) is 3.75. The van der Waals surface area contributed by atoms with Gasteiger partial charge in [-0.2, -0.15) is 9.97 Å². The van der Waals surface area contributed by atoms with E-state index < -0.39 is 0 Å². The molecule has 0 fully saturated rings. The van der Waals surface area contributed by atoms with Gasteiger partial charge in [0.25, 0.3) is 0 Å². The fraction of sp³-hybridized carbons (Fsp3) is 0.429. The van der Waals surface area contributed by atoms with Crippen LogP contribution < -0.4 is 4.74 Å². The van der Waals surface area contributed by atoms with Crippen molar-refractivity contribution in [1.29, 1.82) is 0 Å². The SMILES string of the molecule is CC(C)Oc1nc(Cl)cc(Cl)n1. The van der Waals surface area contributed by atoms with Crippen molar-refractivity contribution in [3.05, 3.63) is 16.4 Å². The number of rotatable bonds is 2. The molecule has 3 nitrogen and oxygen atoms in total. The number of ether oxygens (including phenoxy) is 1. The highest BCUT2D eigenvalue weighted by Crippen LogP contribution is 2.16. The Kier molecular flexibility index (Phi) is 3.12. The molecule has 0 amide bonds. The van der Waals surface area contributed by atoms with Crippen LogP contribution in [0.2, 0.25) is 10.3 Å². The van der Waals surface area contributed by atoms with Crippen LogP contribution in [0.3, 0.4) is 0 Å². The first kappa shape index (κ1) is 9.55. The van der Waals surface area contributed by atoms with Gasteiger partial charge in [-0.05, 0) is 13.8 Å². The topological polar surface area (TPSA) is 35.0 Å². The van der Waals surface area contributed by atoms with Crippen LogP contribution in [0.25, 0.3) is 0 Å². The second kappa shape index (κ2) is 3.92. The lowest BCUT2D eigenvalue weighted by Crippen LogP contribution is -2.08. The molecular weight excluding hydrogens is 199 g/mol. The van der Waals surface area contributed by atoms with Crippen molar-refractivity contribution < 1.29 is 4.74 Å². The van der Waals surface area contributed by atoms with E-state index in [9.17, 15) is 0 Å². The zero-order chi connectivity index (χ0) is 9.14. The standard InChI is InChI=1S/C7H8Cl2N2O/c1-4(2)12-7-10-5(8)3-6(9)11-7/h3-4H,1-2H3. The average Bonchev–Trinajstić information content (AvgIpc) is 1.81. The quantitative estimate of drug-likeness (QED) is 0.699. The summed E-state index contributed by atoms with van der Waals surface area (Å²) in [4.78, 5) is 7.64. The van der Waals surface area contributed by atoms with Crippen LogP contribution in [0, 0.1) is 0 Å². The maximum absolute atomic E-state index is 5.62. The Hall–Kier alpha value is -0.540. The van der Waals surface area contributed by atoms with E-state index in [1.165, 1.54) is 6.07 Å². The highest BCUT2D eigenvalue weighted by atomic mass is 35.5. The summed E-state index contributed by atoms with van der Waals surface area (Å²) in [7, 11) is 0. The van der Waals surface area contributed by atoms with Gasteiger partial charge in [0.15, 0.2) is 0 Å². The van der Waals surface area contributed by atoms with Gasteiger partial charge in [-0.1, -0.05) is 23.2 Å². The molecule has 5 heteroatoms. The monoisotopic (exact) mass is 206 g/mol. The lowest BCUT2D eigenvalue weighted by atomic mass is 10.5. The molecule has 1 rings (SSSR count). The van der Waals surface area contributed by atoms with Gasteiger partial charge in [0.1, 0.15) is 10.3 Å². The second-order valence-corrected chi connectivity index (χ2v) is 3.24. The molecule has 0 aromatic carbocycles. The van der Waals surface area contributed by atoms with Crippen LogP contribution in [-0.2, 0) is 0 Å². The first-order chi connectivity index (χ1) is 5.58. The van der Waals surface area contributed by atoms with Gasteiger partial charge >= 0.3 is 6.01 Å². The normalized spacial score (nSPS) is 10.4. The molecule has 1 aromatic rings. The van der Waals surface area contributed by atoms with Crippen molar-refractivity contribution in [2.75, 3.05) is 0 Å². The molecule has 0 N–H and O–H groups in total. The van der Waals surface area contributed by atoms with Crippen molar-refractivity contribution in [2.24, 2.45) is 0 Å². The van der Waals surface area contributed by atoms with Crippen LogP contribution in [0.4, 0.5) is 0 Å². The van der Waals surface area contributed by atoms with E-state index in [0.29, 0.717) is 0 Å². The Morgan fingerprint density at radius 1 is 1.25 bits per heavy atom. The van der Waals surface area contributed by atoms with Crippen LogP contribution >= 0.6 is 23.2 Å². The van der Waals surface area contributed by atoms with Crippen molar-refractivity contribution >= 4 is 23.2 Å². The number of hydrogen-bond donors (Lipinski definition) is 0. The Bertz CT molecular complexity index is 258. The average molecular weight is 207 g/mol. The molecule has 1 aromatic heterocycles. The highest BCUT2D eigenvalue weighted by molar-refractivity contribution is 6.33. The van der Waals surface area contributed by atoms with Crippen LogP contribution in [0.5, 0.6) is 6.01 Å². The largest absolute Gasteiger partial charge is 0.461 e. The van der Waals surface area contributed by atoms with E-state index in [2.05, 4.69) is 9.97 Å². The summed E-state index contributed by atoms with van der Waals surface area (Å²) in [5.41, 5.74) is 0. The van der Waals surface area contributed by atoms with Crippen molar-refractivity contribution in [2.45, 2.75) is 20.0 Å². The molecule has 0 aliphatic carbocycles. The molecule has 12 heavy (non-hydrogen) atoms. The fourth-order valence-electron chi connectivity index (χ4n) is 0.634. The number of halogens is 2. The van der Waals surface area contributed by atoms with E-state index >= 15 is 0 Å². The maximum Gasteiger partial charge on any atom is 0.319 e. The van der Waals surface area contributed by atoms with Crippen molar-refractivity contribution in [3.8, 4) is 6.01 Å². The lowest BCUT2D eigenvalue weighted by Gasteiger charge is -2.06. The molecule has 0 bridgehead atoms. The van der Waals surface area contributed by atoms with E-state index in [0.717, 1.165) is 0 Å². The van der Waals surface area contributed by atoms with E-state index in [4.69, 9.17) is 27.9 Å². The van der Waals surface area contributed by atoms with E-state index in [-0.39, 0.29) is 22.4 Å². The zero-order valence-corrected chi connectivity index (χ0v) is 8.23. The third-order valence-corrected chi connectivity index (χ3v) is 1.37. The van der Waals surface area contributed by atoms with E-state index in [1.54, 1.807) is 0 Å². The van der Waals surface area contributed by atoms with Gasteiger partial charge in [0.05, 0.1) is 6.10 Å². The molecule has 1 heterocycles. The number of nitrogens with zero attached hydrogens (tertiary/aromatic N) is 2. The predicted octanol–water partition coefficient (Wildman–Crippen LogP) is 2.57. The van der Waals surface area contributed by atoms with Crippen LogP contribution in [0.15, 0.2) is 6.07 Å². The molecule has 0 radical (unpaired) electrons. The molecule has 0 aliphatic heterocycles. The molecule has 0 unspecified atom stereocenters. The third-order valence-electron chi connectivity index (χ3n) is 0.984. The smallest absolute Gasteiger partial charge is 0.319 e. The highest BCUT2D eigenvalue weighted by Gasteiger charge is 2.03.